The Bertz CT molecular complexity index is 339. The molecule has 17 heavy (non-hydrogen) atoms. The summed E-state index contributed by atoms with van der Waals surface area (Å²) in [5.41, 5.74) is 2.16. The normalized spacial score (nSPS) is 11.1. The predicted octanol–water partition coefficient (Wildman–Crippen LogP) is 2.69. The molecule has 1 aromatic rings. The van der Waals surface area contributed by atoms with Crippen LogP contribution in [-0.4, -0.2) is 29.6 Å². The van der Waals surface area contributed by atoms with Crippen molar-refractivity contribution in [2.24, 2.45) is 7.05 Å². The molecular weight excluding hydrogens is 284 g/mol. The molecule has 98 valence electrons. The number of aromatic nitrogens is 2. The minimum Gasteiger partial charge on any atom is -0.379 e. The molecule has 1 aromatic heterocycles. The lowest BCUT2D eigenvalue weighted by molar-refractivity contribution is 0.0385. The van der Waals surface area contributed by atoms with Gasteiger partial charge in [0.05, 0.1) is 35.7 Å². The van der Waals surface area contributed by atoms with Crippen molar-refractivity contribution < 1.29 is 9.47 Å². The summed E-state index contributed by atoms with van der Waals surface area (Å²) in [7, 11) is 1.94. The molecule has 0 saturated heterocycles. The van der Waals surface area contributed by atoms with Gasteiger partial charge in [0.25, 0.3) is 0 Å². The molecule has 0 fully saturated rings. The van der Waals surface area contributed by atoms with E-state index < -0.39 is 0 Å². The highest BCUT2D eigenvalue weighted by molar-refractivity contribution is 9.10. The largest absolute Gasteiger partial charge is 0.379 e. The highest BCUT2D eigenvalue weighted by atomic mass is 79.9. The van der Waals surface area contributed by atoms with Gasteiger partial charge in [-0.3, -0.25) is 4.68 Å². The minimum absolute atomic E-state index is 0.569. The van der Waals surface area contributed by atoms with Crippen molar-refractivity contribution in [1.82, 2.24) is 9.78 Å². The number of ether oxygens (including phenoxy) is 2. The molecular formula is C12H21BrN2O2. The van der Waals surface area contributed by atoms with Gasteiger partial charge in [-0.15, -0.1) is 0 Å². The molecule has 0 radical (unpaired) electrons. The summed E-state index contributed by atoms with van der Waals surface area (Å²) in [4.78, 5) is 0. The molecule has 5 heteroatoms. The maximum atomic E-state index is 5.57. The molecule has 0 bridgehead atoms. The van der Waals surface area contributed by atoms with Crippen molar-refractivity contribution in [2.45, 2.75) is 33.3 Å². The first-order valence-electron chi connectivity index (χ1n) is 6.06. The Labute approximate surface area is 111 Å². The van der Waals surface area contributed by atoms with Crippen molar-refractivity contribution >= 4 is 15.9 Å². The summed E-state index contributed by atoms with van der Waals surface area (Å²) in [5, 5.41) is 4.42. The molecule has 0 atom stereocenters. The van der Waals surface area contributed by atoms with Gasteiger partial charge in [-0.05, 0) is 28.8 Å². The second-order valence-electron chi connectivity index (χ2n) is 3.85. The van der Waals surface area contributed by atoms with E-state index in [1.54, 1.807) is 0 Å². The zero-order valence-corrected chi connectivity index (χ0v) is 12.4. The van der Waals surface area contributed by atoms with E-state index in [0.717, 1.165) is 35.3 Å². The smallest absolute Gasteiger partial charge is 0.0897 e. The molecule has 0 aliphatic heterocycles. The van der Waals surface area contributed by atoms with Gasteiger partial charge in [0.2, 0.25) is 0 Å². The van der Waals surface area contributed by atoms with Crippen LogP contribution in [0.3, 0.4) is 0 Å². The van der Waals surface area contributed by atoms with E-state index in [0.29, 0.717) is 19.8 Å². The lowest BCUT2D eigenvalue weighted by Crippen LogP contribution is -2.07. The Morgan fingerprint density at radius 2 is 1.88 bits per heavy atom. The van der Waals surface area contributed by atoms with Crippen LogP contribution in [0, 0.1) is 0 Å². The van der Waals surface area contributed by atoms with Crippen LogP contribution in [0.25, 0.3) is 0 Å². The summed E-state index contributed by atoms with van der Waals surface area (Å²) in [6.07, 6.45) is 1.97. The van der Waals surface area contributed by atoms with Crippen molar-refractivity contribution in [3.8, 4) is 0 Å². The molecule has 0 unspecified atom stereocenters. The van der Waals surface area contributed by atoms with Gasteiger partial charge < -0.3 is 9.47 Å². The first kappa shape index (κ1) is 14.7. The zero-order chi connectivity index (χ0) is 12.7. The molecule has 0 aromatic carbocycles. The summed E-state index contributed by atoms with van der Waals surface area (Å²) in [5.74, 6) is 0. The molecule has 0 N–H and O–H groups in total. The van der Waals surface area contributed by atoms with Crippen molar-refractivity contribution in [2.75, 3.05) is 19.8 Å². The van der Waals surface area contributed by atoms with Crippen LogP contribution in [0.1, 0.15) is 31.7 Å². The van der Waals surface area contributed by atoms with E-state index in [9.17, 15) is 0 Å². The standard InChI is InChI=1S/C12H21BrN2O2/c1-4-6-16-7-8-17-9-11-12(13)10(5-2)14-15(11)3/h4-9H2,1-3H3. The van der Waals surface area contributed by atoms with Gasteiger partial charge in [-0.25, -0.2) is 0 Å². The molecule has 4 nitrogen and oxygen atoms in total. The third-order valence-corrected chi connectivity index (χ3v) is 3.38. The Morgan fingerprint density at radius 1 is 1.18 bits per heavy atom. The van der Waals surface area contributed by atoms with Crippen LogP contribution in [0.2, 0.25) is 0 Å². The van der Waals surface area contributed by atoms with Crippen LogP contribution in [0.15, 0.2) is 4.47 Å². The van der Waals surface area contributed by atoms with E-state index in [1.807, 2.05) is 11.7 Å². The Hall–Kier alpha value is -0.390. The molecule has 0 aliphatic rings. The Balaban J connectivity index is 2.34. The average Bonchev–Trinajstić information content (AvgIpc) is 2.60. The fraction of sp³-hybridized carbons (Fsp3) is 0.750. The van der Waals surface area contributed by atoms with Crippen LogP contribution >= 0.6 is 15.9 Å². The summed E-state index contributed by atoms with van der Waals surface area (Å²) >= 11 is 3.56. The summed E-state index contributed by atoms with van der Waals surface area (Å²) in [6, 6.07) is 0. The quantitative estimate of drug-likeness (QED) is 0.693. The molecule has 0 spiro atoms. The van der Waals surface area contributed by atoms with Crippen LogP contribution in [-0.2, 0) is 29.5 Å². The number of hydrogen-bond acceptors (Lipinski definition) is 3. The topological polar surface area (TPSA) is 36.3 Å². The maximum Gasteiger partial charge on any atom is 0.0897 e. The van der Waals surface area contributed by atoms with Gasteiger partial charge in [-0.2, -0.15) is 5.10 Å². The van der Waals surface area contributed by atoms with E-state index in [4.69, 9.17) is 9.47 Å². The maximum absolute atomic E-state index is 5.57. The van der Waals surface area contributed by atoms with E-state index in [1.165, 1.54) is 0 Å². The van der Waals surface area contributed by atoms with Crippen molar-refractivity contribution in [3.05, 3.63) is 15.9 Å². The fourth-order valence-electron chi connectivity index (χ4n) is 1.51. The molecule has 1 heterocycles. The third-order valence-electron chi connectivity index (χ3n) is 2.46. The van der Waals surface area contributed by atoms with Gasteiger partial charge >= 0.3 is 0 Å². The second kappa shape index (κ2) is 7.84. The van der Waals surface area contributed by atoms with Crippen LogP contribution in [0.5, 0.6) is 0 Å². The SMILES string of the molecule is CCCOCCOCc1c(Br)c(CC)nn1C. The first-order chi connectivity index (χ1) is 8.20. The van der Waals surface area contributed by atoms with Gasteiger partial charge in [0.1, 0.15) is 0 Å². The highest BCUT2D eigenvalue weighted by Crippen LogP contribution is 2.22. The number of rotatable bonds is 8. The number of halogens is 1. The molecule has 1 rings (SSSR count). The lowest BCUT2D eigenvalue weighted by Gasteiger charge is -2.06. The number of aryl methyl sites for hydroxylation is 2. The summed E-state index contributed by atoms with van der Waals surface area (Å²) in [6.45, 7) is 6.84. The summed E-state index contributed by atoms with van der Waals surface area (Å²) < 4.78 is 13.9. The van der Waals surface area contributed by atoms with E-state index in [-0.39, 0.29) is 0 Å². The zero-order valence-electron chi connectivity index (χ0n) is 10.8. The second-order valence-corrected chi connectivity index (χ2v) is 4.64. The molecule has 0 aliphatic carbocycles. The minimum atomic E-state index is 0.569. The lowest BCUT2D eigenvalue weighted by atomic mass is 10.3. The van der Waals surface area contributed by atoms with Gasteiger partial charge in [0, 0.05) is 13.7 Å². The van der Waals surface area contributed by atoms with Crippen LogP contribution < -0.4 is 0 Å². The Kier molecular flexibility index (Phi) is 6.77. The Morgan fingerprint density at radius 3 is 2.47 bits per heavy atom. The molecule has 0 saturated carbocycles. The monoisotopic (exact) mass is 304 g/mol. The van der Waals surface area contributed by atoms with E-state index in [2.05, 4.69) is 34.9 Å². The predicted molar refractivity (Wildman–Crippen MR) is 71.1 cm³/mol. The highest BCUT2D eigenvalue weighted by Gasteiger charge is 2.11. The number of hydrogen-bond donors (Lipinski definition) is 0. The van der Waals surface area contributed by atoms with Crippen molar-refractivity contribution in [1.29, 1.82) is 0 Å². The number of nitrogens with zero attached hydrogens (tertiary/aromatic N) is 2. The van der Waals surface area contributed by atoms with Gasteiger partial charge in [-0.1, -0.05) is 13.8 Å². The van der Waals surface area contributed by atoms with Gasteiger partial charge in [0.15, 0.2) is 0 Å². The first-order valence-corrected chi connectivity index (χ1v) is 6.85. The van der Waals surface area contributed by atoms with E-state index >= 15 is 0 Å². The van der Waals surface area contributed by atoms with Crippen LogP contribution in [0.4, 0.5) is 0 Å². The van der Waals surface area contributed by atoms with Crippen molar-refractivity contribution in [3.63, 3.8) is 0 Å². The average molecular weight is 305 g/mol. The fourth-order valence-corrected chi connectivity index (χ4v) is 2.24. The third kappa shape index (κ3) is 4.41. The molecule has 0 amide bonds.